The number of carbonyl (C=O) groups is 2. The Kier molecular flexibility index (Phi) is 14.2. The Morgan fingerprint density at radius 1 is 0.839 bits per heavy atom. The highest BCUT2D eigenvalue weighted by Crippen LogP contribution is 2.14. The van der Waals surface area contributed by atoms with Gasteiger partial charge in [0, 0.05) is 0 Å². The van der Waals surface area contributed by atoms with E-state index < -0.39 is 46.4 Å². The highest BCUT2D eigenvalue weighted by atomic mass is 35.5. The predicted molar refractivity (Wildman–Crippen MR) is 106 cm³/mol. The first-order chi connectivity index (χ1) is 14.3. The molecule has 0 amide bonds. The van der Waals surface area contributed by atoms with Crippen LogP contribution in [0.4, 0.5) is 0 Å². The van der Waals surface area contributed by atoms with Crippen LogP contribution in [0.2, 0.25) is 0 Å². The SMILES string of the molecule is CCCOC(=O)C1NCCC1O[N+](=O)[O-].CCCOC(=O)C1NCCC1O[N+](=O)[O-].Cl. The van der Waals surface area contributed by atoms with E-state index in [4.69, 9.17) is 9.47 Å². The summed E-state index contributed by atoms with van der Waals surface area (Å²) in [6.45, 7) is 5.43. The molecule has 2 aliphatic rings. The van der Waals surface area contributed by atoms with Crippen molar-refractivity contribution in [3.8, 4) is 0 Å². The van der Waals surface area contributed by atoms with Crippen molar-refractivity contribution in [2.24, 2.45) is 0 Å². The van der Waals surface area contributed by atoms with Crippen LogP contribution < -0.4 is 10.6 Å². The van der Waals surface area contributed by atoms with Gasteiger partial charge in [-0.15, -0.1) is 32.6 Å². The van der Waals surface area contributed by atoms with Crippen molar-refractivity contribution in [3.05, 3.63) is 20.2 Å². The lowest BCUT2D eigenvalue weighted by molar-refractivity contribution is -0.768. The van der Waals surface area contributed by atoms with Gasteiger partial charge in [0.25, 0.3) is 10.2 Å². The Hall–Kier alpha value is -2.45. The molecule has 0 aromatic rings. The summed E-state index contributed by atoms with van der Waals surface area (Å²) in [5, 5.41) is 24.2. The zero-order chi connectivity index (χ0) is 22.5. The summed E-state index contributed by atoms with van der Waals surface area (Å²) in [7, 11) is 0. The smallest absolute Gasteiger partial charge is 0.325 e. The number of halogens is 1. The number of nitrogens with zero attached hydrogens (tertiary/aromatic N) is 2. The van der Waals surface area contributed by atoms with Crippen LogP contribution in [0, 0.1) is 20.2 Å². The van der Waals surface area contributed by atoms with Crippen molar-refractivity contribution in [2.75, 3.05) is 26.3 Å². The van der Waals surface area contributed by atoms with E-state index in [0.29, 0.717) is 39.1 Å². The van der Waals surface area contributed by atoms with Crippen molar-refractivity contribution in [1.29, 1.82) is 0 Å². The minimum Gasteiger partial charge on any atom is -0.464 e. The molecule has 0 saturated carbocycles. The third-order valence-corrected chi connectivity index (χ3v) is 4.18. The lowest BCUT2D eigenvalue weighted by atomic mass is 10.2. The molecule has 0 bridgehead atoms. The van der Waals surface area contributed by atoms with Crippen LogP contribution in [0.25, 0.3) is 0 Å². The van der Waals surface area contributed by atoms with E-state index in [2.05, 4.69) is 20.3 Å². The number of ether oxygens (including phenoxy) is 2. The maximum absolute atomic E-state index is 11.4. The van der Waals surface area contributed by atoms with Crippen molar-refractivity contribution < 1.29 is 38.9 Å². The fourth-order valence-corrected chi connectivity index (χ4v) is 2.86. The van der Waals surface area contributed by atoms with Gasteiger partial charge >= 0.3 is 11.9 Å². The summed E-state index contributed by atoms with van der Waals surface area (Å²) < 4.78 is 9.77. The van der Waals surface area contributed by atoms with E-state index in [1.165, 1.54) is 0 Å². The fraction of sp³-hybridized carbons (Fsp3) is 0.875. The minimum absolute atomic E-state index is 0. The molecule has 2 saturated heterocycles. The van der Waals surface area contributed by atoms with Gasteiger partial charge in [0.1, 0.15) is 24.3 Å². The number of hydrogen-bond donors (Lipinski definition) is 2. The molecule has 2 aliphatic heterocycles. The van der Waals surface area contributed by atoms with Gasteiger partial charge < -0.3 is 29.8 Å². The zero-order valence-corrected chi connectivity index (χ0v) is 18.2. The second-order valence-corrected chi connectivity index (χ2v) is 6.51. The van der Waals surface area contributed by atoms with Crippen LogP contribution in [0.1, 0.15) is 39.5 Å². The van der Waals surface area contributed by atoms with Crippen LogP contribution in [-0.4, -0.2) is 72.7 Å². The lowest BCUT2D eigenvalue weighted by Crippen LogP contribution is -2.41. The summed E-state index contributed by atoms with van der Waals surface area (Å²) in [4.78, 5) is 51.9. The number of hydrogen-bond acceptors (Lipinski definition) is 12. The Bertz CT molecular complexity index is 547. The predicted octanol–water partition coefficient (Wildman–Crippen LogP) is 0.179. The molecule has 0 radical (unpaired) electrons. The van der Waals surface area contributed by atoms with Gasteiger partial charge in [0.15, 0.2) is 0 Å². The van der Waals surface area contributed by atoms with Gasteiger partial charge in [-0.05, 0) is 38.8 Å². The van der Waals surface area contributed by atoms with Crippen molar-refractivity contribution in [1.82, 2.24) is 10.6 Å². The average molecular weight is 473 g/mol. The molecular weight excluding hydrogens is 444 g/mol. The number of esters is 2. The molecule has 0 aliphatic carbocycles. The first-order valence-corrected chi connectivity index (χ1v) is 9.72. The molecule has 14 nitrogen and oxygen atoms in total. The van der Waals surface area contributed by atoms with E-state index in [0.717, 1.165) is 12.8 Å². The number of rotatable bonds is 10. The summed E-state index contributed by atoms with van der Waals surface area (Å²) in [5.41, 5.74) is 0. The van der Waals surface area contributed by atoms with Gasteiger partial charge in [0.2, 0.25) is 0 Å². The van der Waals surface area contributed by atoms with Crippen LogP contribution in [0.15, 0.2) is 0 Å². The highest BCUT2D eigenvalue weighted by molar-refractivity contribution is 5.85. The van der Waals surface area contributed by atoms with Crippen LogP contribution in [0.3, 0.4) is 0 Å². The van der Waals surface area contributed by atoms with Crippen molar-refractivity contribution in [2.45, 2.75) is 63.8 Å². The molecule has 2 fully saturated rings. The second-order valence-electron chi connectivity index (χ2n) is 6.51. The highest BCUT2D eigenvalue weighted by Gasteiger charge is 2.37. The molecule has 180 valence electrons. The second kappa shape index (κ2) is 15.4. The number of carbonyl (C=O) groups excluding carboxylic acids is 2. The van der Waals surface area contributed by atoms with Gasteiger partial charge in [0.05, 0.1) is 13.2 Å². The fourth-order valence-electron chi connectivity index (χ4n) is 2.86. The van der Waals surface area contributed by atoms with Gasteiger partial charge in [-0.25, -0.2) is 0 Å². The van der Waals surface area contributed by atoms with Gasteiger partial charge in [-0.2, -0.15) is 0 Å². The normalized spacial score (nSPS) is 24.1. The Morgan fingerprint density at radius 2 is 1.19 bits per heavy atom. The average Bonchev–Trinajstić information content (AvgIpc) is 3.33. The van der Waals surface area contributed by atoms with Crippen molar-refractivity contribution in [3.63, 3.8) is 0 Å². The molecular formula is C16H29ClN4O10. The quantitative estimate of drug-likeness (QED) is 0.250. The molecule has 31 heavy (non-hydrogen) atoms. The van der Waals surface area contributed by atoms with E-state index in [9.17, 15) is 29.8 Å². The third kappa shape index (κ3) is 10.4. The summed E-state index contributed by atoms with van der Waals surface area (Å²) >= 11 is 0. The van der Waals surface area contributed by atoms with Gasteiger partial charge in [-0.3, -0.25) is 9.59 Å². The molecule has 0 spiro atoms. The Morgan fingerprint density at radius 3 is 1.48 bits per heavy atom. The maximum atomic E-state index is 11.4. The molecule has 2 N–H and O–H groups in total. The molecule has 0 aromatic heterocycles. The summed E-state index contributed by atoms with van der Waals surface area (Å²) in [6, 6.07) is -1.44. The first kappa shape index (κ1) is 28.5. The van der Waals surface area contributed by atoms with Crippen LogP contribution in [-0.2, 0) is 28.7 Å². The van der Waals surface area contributed by atoms with Crippen LogP contribution >= 0.6 is 12.4 Å². The number of nitrogens with one attached hydrogen (secondary N) is 2. The maximum Gasteiger partial charge on any atom is 0.325 e. The van der Waals surface area contributed by atoms with E-state index in [-0.39, 0.29) is 12.4 Å². The summed E-state index contributed by atoms with van der Waals surface area (Å²) in [6.07, 6.45) is 0.853. The first-order valence-electron chi connectivity index (χ1n) is 9.72. The zero-order valence-electron chi connectivity index (χ0n) is 17.4. The van der Waals surface area contributed by atoms with E-state index >= 15 is 0 Å². The molecule has 4 unspecified atom stereocenters. The molecule has 15 heteroatoms. The van der Waals surface area contributed by atoms with Crippen LogP contribution in [0.5, 0.6) is 0 Å². The molecule has 0 aromatic carbocycles. The molecule has 2 rings (SSSR count). The monoisotopic (exact) mass is 472 g/mol. The molecule has 2 heterocycles. The summed E-state index contributed by atoms with van der Waals surface area (Å²) in [5.74, 6) is -0.970. The minimum atomic E-state index is -0.877. The Balaban J connectivity index is 0.000000562. The van der Waals surface area contributed by atoms with Gasteiger partial charge in [-0.1, -0.05) is 13.8 Å². The largest absolute Gasteiger partial charge is 0.464 e. The van der Waals surface area contributed by atoms with E-state index in [1.807, 2.05) is 13.8 Å². The Labute approximate surface area is 184 Å². The molecule has 4 atom stereocenters. The third-order valence-electron chi connectivity index (χ3n) is 4.18. The van der Waals surface area contributed by atoms with Crippen molar-refractivity contribution >= 4 is 24.3 Å². The topological polar surface area (TPSA) is 181 Å². The standard InChI is InChI=1S/2C8H14N2O5.ClH/c2*1-2-5-14-8(11)7-6(3-4-9-7)15-10(12)13;/h2*6-7,9H,2-5H2,1H3;1H. The lowest BCUT2D eigenvalue weighted by Gasteiger charge is -2.15. The van der Waals surface area contributed by atoms with E-state index in [1.54, 1.807) is 0 Å².